The van der Waals surface area contributed by atoms with E-state index >= 15 is 0 Å². The molecule has 1 rings (SSSR count). The molecule has 1 N–H and O–H groups in total. The Labute approximate surface area is 84.3 Å². The molecule has 0 amide bonds. The Morgan fingerprint density at radius 2 is 2.14 bits per heavy atom. The Kier molecular flexibility index (Phi) is 4.20. The summed E-state index contributed by atoms with van der Waals surface area (Å²) in [7, 11) is 0. The van der Waals surface area contributed by atoms with Gasteiger partial charge in [-0.2, -0.15) is 0 Å². The van der Waals surface area contributed by atoms with Gasteiger partial charge in [0.15, 0.2) is 0 Å². The van der Waals surface area contributed by atoms with E-state index in [-0.39, 0.29) is 0 Å². The van der Waals surface area contributed by atoms with Crippen LogP contribution in [0.25, 0.3) is 10.4 Å². The first kappa shape index (κ1) is 11.3. The fraction of sp³-hybridized carbons (Fsp3) is 1.00. The molecule has 5 heteroatoms. The van der Waals surface area contributed by atoms with E-state index in [0.29, 0.717) is 6.54 Å². The molecule has 0 saturated carbocycles. The van der Waals surface area contributed by atoms with Gasteiger partial charge in [0.25, 0.3) is 0 Å². The molecular weight excluding hydrogens is 180 g/mol. The zero-order chi connectivity index (χ0) is 10.4. The topological polar surface area (TPSA) is 72.2 Å². The average Bonchev–Trinajstić information content (AvgIpc) is 2.15. The highest BCUT2D eigenvalue weighted by Crippen LogP contribution is 2.20. The van der Waals surface area contributed by atoms with Crippen molar-refractivity contribution in [2.45, 2.75) is 31.8 Å². The number of hydrogen-bond acceptors (Lipinski definition) is 3. The van der Waals surface area contributed by atoms with Crippen LogP contribution in [0.5, 0.6) is 0 Å². The minimum Gasteiger partial charge on any atom is -0.390 e. The molecule has 80 valence electrons. The molecule has 0 radical (unpaired) electrons. The van der Waals surface area contributed by atoms with E-state index in [0.717, 1.165) is 38.9 Å². The third-order valence-corrected chi connectivity index (χ3v) is 2.73. The maximum absolute atomic E-state index is 9.71. The van der Waals surface area contributed by atoms with Crippen LogP contribution < -0.4 is 0 Å². The number of nitrogens with zero attached hydrogens (tertiary/aromatic N) is 4. The van der Waals surface area contributed by atoms with Crippen molar-refractivity contribution in [2.24, 2.45) is 5.11 Å². The minimum atomic E-state index is -0.471. The highest BCUT2D eigenvalue weighted by Gasteiger charge is 2.26. The van der Waals surface area contributed by atoms with E-state index in [9.17, 15) is 5.11 Å². The zero-order valence-corrected chi connectivity index (χ0v) is 8.69. The largest absolute Gasteiger partial charge is 0.390 e. The molecule has 0 aromatic rings. The Bertz CT molecular complexity index is 213. The zero-order valence-electron chi connectivity index (χ0n) is 8.69. The lowest BCUT2D eigenvalue weighted by Crippen LogP contribution is -2.42. The van der Waals surface area contributed by atoms with Crippen molar-refractivity contribution in [3.8, 4) is 0 Å². The fourth-order valence-corrected chi connectivity index (χ4v) is 1.67. The highest BCUT2D eigenvalue weighted by molar-refractivity contribution is 4.81. The number of likely N-dealkylation sites (tertiary alicyclic amines) is 1. The van der Waals surface area contributed by atoms with Gasteiger partial charge < -0.3 is 10.0 Å². The van der Waals surface area contributed by atoms with E-state index < -0.39 is 5.60 Å². The quantitative estimate of drug-likeness (QED) is 0.322. The number of hydrogen-bond donors (Lipinski definition) is 1. The van der Waals surface area contributed by atoms with Crippen LogP contribution in [0.15, 0.2) is 5.11 Å². The van der Waals surface area contributed by atoms with Crippen molar-refractivity contribution in [1.29, 1.82) is 0 Å². The van der Waals surface area contributed by atoms with Gasteiger partial charge in [0.1, 0.15) is 0 Å². The molecule has 0 unspecified atom stereocenters. The normalized spacial score (nSPS) is 21.6. The second-order valence-corrected chi connectivity index (χ2v) is 4.15. The molecule has 0 aliphatic carbocycles. The summed E-state index contributed by atoms with van der Waals surface area (Å²) < 4.78 is 0. The van der Waals surface area contributed by atoms with Gasteiger partial charge in [0.05, 0.1) is 5.60 Å². The van der Waals surface area contributed by atoms with Crippen LogP contribution in [0.4, 0.5) is 0 Å². The summed E-state index contributed by atoms with van der Waals surface area (Å²) in [6.07, 6.45) is 2.59. The van der Waals surface area contributed by atoms with E-state index in [1.54, 1.807) is 0 Å². The number of piperidine rings is 1. The Hall–Kier alpha value is -0.770. The molecule has 0 aromatic carbocycles. The van der Waals surface area contributed by atoms with Crippen LogP contribution in [0.2, 0.25) is 0 Å². The van der Waals surface area contributed by atoms with Gasteiger partial charge in [0, 0.05) is 24.5 Å². The molecule has 0 bridgehead atoms. The summed E-state index contributed by atoms with van der Waals surface area (Å²) in [5, 5.41) is 13.2. The number of azide groups is 1. The van der Waals surface area contributed by atoms with Crippen molar-refractivity contribution in [3.63, 3.8) is 0 Å². The molecule has 0 aromatic heterocycles. The van der Waals surface area contributed by atoms with E-state index in [1.165, 1.54) is 0 Å². The third-order valence-electron chi connectivity index (χ3n) is 2.73. The van der Waals surface area contributed by atoms with Gasteiger partial charge in [-0.3, -0.25) is 0 Å². The molecule has 1 heterocycles. The van der Waals surface area contributed by atoms with E-state index in [1.807, 2.05) is 6.92 Å². The van der Waals surface area contributed by atoms with Gasteiger partial charge in [-0.15, -0.1) is 0 Å². The van der Waals surface area contributed by atoms with E-state index in [2.05, 4.69) is 14.9 Å². The second-order valence-electron chi connectivity index (χ2n) is 4.15. The molecule has 14 heavy (non-hydrogen) atoms. The van der Waals surface area contributed by atoms with Crippen LogP contribution >= 0.6 is 0 Å². The smallest absolute Gasteiger partial charge is 0.0644 e. The number of aliphatic hydroxyl groups is 1. The first-order chi connectivity index (χ1) is 6.64. The van der Waals surface area contributed by atoms with Gasteiger partial charge in [0.2, 0.25) is 0 Å². The molecule has 0 spiro atoms. The van der Waals surface area contributed by atoms with Crippen LogP contribution in [-0.4, -0.2) is 41.8 Å². The molecule has 1 fully saturated rings. The standard InChI is InChI=1S/C9H18N4O/c1-9(14)3-7-13(8-4-9)6-2-5-11-12-10/h14H,2-8H2,1H3. The maximum Gasteiger partial charge on any atom is 0.0644 e. The monoisotopic (exact) mass is 198 g/mol. The molecule has 0 atom stereocenters. The van der Waals surface area contributed by atoms with Gasteiger partial charge in [-0.1, -0.05) is 5.11 Å². The predicted molar refractivity (Wildman–Crippen MR) is 54.9 cm³/mol. The van der Waals surface area contributed by atoms with Crippen LogP contribution in [0, 0.1) is 0 Å². The van der Waals surface area contributed by atoms with Crippen molar-refractivity contribution < 1.29 is 5.11 Å². The van der Waals surface area contributed by atoms with Crippen LogP contribution in [0.1, 0.15) is 26.2 Å². The highest BCUT2D eigenvalue weighted by atomic mass is 16.3. The summed E-state index contributed by atoms with van der Waals surface area (Å²) in [5.41, 5.74) is 7.61. The second kappa shape index (κ2) is 5.20. The van der Waals surface area contributed by atoms with Gasteiger partial charge >= 0.3 is 0 Å². The SMILES string of the molecule is CC1(O)CCN(CCCN=[N+]=[N-])CC1. The predicted octanol–water partition coefficient (Wildman–Crippen LogP) is 1.53. The van der Waals surface area contributed by atoms with Crippen molar-refractivity contribution in [2.75, 3.05) is 26.2 Å². The lowest BCUT2D eigenvalue weighted by molar-refractivity contribution is -0.00526. The Morgan fingerprint density at radius 3 is 2.71 bits per heavy atom. The average molecular weight is 198 g/mol. The lowest BCUT2D eigenvalue weighted by Gasteiger charge is -2.35. The number of rotatable bonds is 4. The van der Waals surface area contributed by atoms with Gasteiger partial charge in [-0.25, -0.2) is 0 Å². The lowest BCUT2D eigenvalue weighted by atomic mass is 9.94. The molecule has 1 saturated heterocycles. The van der Waals surface area contributed by atoms with Crippen LogP contribution in [-0.2, 0) is 0 Å². The maximum atomic E-state index is 9.71. The summed E-state index contributed by atoms with van der Waals surface area (Å²) in [6.45, 7) is 5.33. The molecular formula is C9H18N4O. The summed E-state index contributed by atoms with van der Waals surface area (Å²) in [6, 6.07) is 0. The first-order valence-electron chi connectivity index (χ1n) is 5.10. The van der Waals surface area contributed by atoms with Crippen LogP contribution in [0.3, 0.4) is 0 Å². The van der Waals surface area contributed by atoms with E-state index in [4.69, 9.17) is 5.53 Å². The Balaban J connectivity index is 2.13. The van der Waals surface area contributed by atoms with Crippen molar-refractivity contribution in [3.05, 3.63) is 10.4 Å². The Morgan fingerprint density at radius 1 is 1.50 bits per heavy atom. The minimum absolute atomic E-state index is 0.471. The summed E-state index contributed by atoms with van der Waals surface area (Å²) >= 11 is 0. The third kappa shape index (κ3) is 3.96. The molecule has 1 aliphatic rings. The molecule has 1 aliphatic heterocycles. The summed E-state index contributed by atoms with van der Waals surface area (Å²) in [4.78, 5) is 5.02. The van der Waals surface area contributed by atoms with Crippen molar-refractivity contribution in [1.82, 2.24) is 4.90 Å². The first-order valence-corrected chi connectivity index (χ1v) is 5.10. The fourth-order valence-electron chi connectivity index (χ4n) is 1.67. The van der Waals surface area contributed by atoms with Crippen molar-refractivity contribution >= 4 is 0 Å². The summed E-state index contributed by atoms with van der Waals surface area (Å²) in [5.74, 6) is 0. The molecule has 5 nitrogen and oxygen atoms in total. The van der Waals surface area contributed by atoms with Gasteiger partial charge in [-0.05, 0) is 38.3 Å².